The maximum absolute atomic E-state index is 13.1. The van der Waals surface area contributed by atoms with E-state index < -0.39 is 0 Å². The largest absolute Gasteiger partial charge is 0.465 e. The summed E-state index contributed by atoms with van der Waals surface area (Å²) in [5.41, 5.74) is 2.81. The summed E-state index contributed by atoms with van der Waals surface area (Å²) in [6, 6.07) is 20.5. The van der Waals surface area contributed by atoms with Crippen LogP contribution in [-0.4, -0.2) is 26.1 Å². The second-order valence-corrected chi connectivity index (χ2v) is 6.15. The minimum Gasteiger partial charge on any atom is -0.465 e. The number of hydrogen-bond acceptors (Lipinski definition) is 5. The van der Waals surface area contributed by atoms with Gasteiger partial charge in [-0.05, 0) is 41.6 Å². The van der Waals surface area contributed by atoms with Crippen molar-refractivity contribution >= 4 is 23.4 Å². The average Bonchev–Trinajstić information content (AvgIpc) is 3.40. The van der Waals surface area contributed by atoms with Crippen molar-refractivity contribution in [1.82, 2.24) is 20.2 Å². The van der Waals surface area contributed by atoms with E-state index >= 15 is 0 Å². The molecule has 0 spiro atoms. The van der Waals surface area contributed by atoms with Crippen LogP contribution in [0.25, 0.3) is 23.2 Å². The van der Waals surface area contributed by atoms with Crippen LogP contribution in [-0.2, 0) is 4.79 Å². The molecule has 0 fully saturated rings. The molecule has 0 bridgehead atoms. The van der Waals surface area contributed by atoms with Gasteiger partial charge in [-0.3, -0.25) is 4.79 Å². The monoisotopic (exact) mass is 371 g/mol. The van der Waals surface area contributed by atoms with E-state index in [-0.39, 0.29) is 11.6 Å². The molecule has 0 aliphatic carbocycles. The zero-order valence-corrected chi connectivity index (χ0v) is 15.1. The Bertz CT molecular complexity index is 1100. The summed E-state index contributed by atoms with van der Waals surface area (Å²) in [4.78, 5) is 13.1. The van der Waals surface area contributed by atoms with Crippen molar-refractivity contribution in [2.45, 2.75) is 6.92 Å². The van der Waals surface area contributed by atoms with Crippen molar-refractivity contribution < 1.29 is 9.21 Å². The number of aromatic nitrogens is 4. The number of tetrazole rings is 1. The Morgan fingerprint density at radius 2 is 1.82 bits per heavy atom. The third-order valence-corrected chi connectivity index (χ3v) is 4.09. The predicted molar refractivity (Wildman–Crippen MR) is 106 cm³/mol. The summed E-state index contributed by atoms with van der Waals surface area (Å²) in [5, 5.41) is 14.8. The van der Waals surface area contributed by atoms with Gasteiger partial charge in [-0.1, -0.05) is 48.0 Å². The van der Waals surface area contributed by atoms with E-state index in [4.69, 9.17) is 4.42 Å². The van der Waals surface area contributed by atoms with Crippen LogP contribution in [0.3, 0.4) is 0 Å². The molecule has 0 aliphatic heterocycles. The number of carbonyl (C=O) groups excluding carboxylic acids is 1. The maximum Gasteiger partial charge on any atom is 0.274 e. The maximum atomic E-state index is 13.1. The molecule has 0 atom stereocenters. The second kappa shape index (κ2) is 7.71. The number of benzene rings is 2. The summed E-state index contributed by atoms with van der Waals surface area (Å²) in [7, 11) is 0. The Labute approximate surface area is 161 Å². The molecule has 0 radical (unpaired) electrons. The molecule has 1 amide bonds. The number of aryl methyl sites for hydroxylation is 1. The lowest BCUT2D eigenvalue weighted by Gasteiger charge is -2.10. The molecule has 28 heavy (non-hydrogen) atoms. The van der Waals surface area contributed by atoms with Crippen LogP contribution >= 0.6 is 0 Å². The van der Waals surface area contributed by atoms with E-state index in [1.54, 1.807) is 24.5 Å². The van der Waals surface area contributed by atoms with Crippen LogP contribution in [0.1, 0.15) is 11.3 Å². The molecule has 4 aromatic rings. The number of nitrogens with zero attached hydrogens (tertiary/aromatic N) is 4. The molecule has 0 saturated heterocycles. The van der Waals surface area contributed by atoms with Crippen molar-refractivity contribution in [3.8, 4) is 11.4 Å². The highest BCUT2D eigenvalue weighted by Gasteiger charge is 2.20. The van der Waals surface area contributed by atoms with E-state index in [9.17, 15) is 4.79 Å². The average molecular weight is 371 g/mol. The lowest BCUT2D eigenvalue weighted by molar-refractivity contribution is -0.111. The lowest BCUT2D eigenvalue weighted by atomic mass is 10.2. The Morgan fingerprint density at radius 1 is 1.04 bits per heavy atom. The molecule has 2 aromatic carbocycles. The number of anilines is 1. The highest BCUT2D eigenvalue weighted by atomic mass is 16.3. The summed E-state index contributed by atoms with van der Waals surface area (Å²) >= 11 is 0. The van der Waals surface area contributed by atoms with Crippen molar-refractivity contribution in [2.75, 3.05) is 5.32 Å². The molecular formula is C21H17N5O2. The van der Waals surface area contributed by atoms with E-state index in [1.807, 2.05) is 61.5 Å². The first-order chi connectivity index (χ1) is 13.7. The summed E-state index contributed by atoms with van der Waals surface area (Å²) in [6.07, 6.45) is 3.14. The van der Waals surface area contributed by atoms with E-state index in [1.165, 1.54) is 4.68 Å². The summed E-state index contributed by atoms with van der Waals surface area (Å²) in [5.74, 6) is 0.616. The second-order valence-electron chi connectivity index (χ2n) is 6.15. The number of rotatable bonds is 5. The molecule has 4 rings (SSSR count). The van der Waals surface area contributed by atoms with E-state index in [0.717, 1.165) is 11.1 Å². The smallest absolute Gasteiger partial charge is 0.274 e. The van der Waals surface area contributed by atoms with Crippen LogP contribution in [0.4, 0.5) is 5.69 Å². The third-order valence-electron chi connectivity index (χ3n) is 4.09. The van der Waals surface area contributed by atoms with Crippen LogP contribution in [0.5, 0.6) is 0 Å². The molecule has 7 heteroatoms. The summed E-state index contributed by atoms with van der Waals surface area (Å²) < 4.78 is 6.79. The number of nitrogens with one attached hydrogen (secondary N) is 1. The predicted octanol–water partition coefficient (Wildman–Crippen LogP) is 3.88. The molecule has 7 nitrogen and oxygen atoms in total. The number of amides is 1. The van der Waals surface area contributed by atoms with Crippen molar-refractivity contribution in [1.29, 1.82) is 0 Å². The standard InChI is InChI=1S/C21H17N5O2/c1-15-9-11-17(12-10-15)22-21(27)19(14-18-8-5-13-28-18)26-20(23-24-25-26)16-6-3-2-4-7-16/h2-14H,1H3,(H,22,27). The number of hydrogen-bond donors (Lipinski definition) is 1. The van der Waals surface area contributed by atoms with Gasteiger partial charge >= 0.3 is 0 Å². The minimum atomic E-state index is -0.357. The van der Waals surface area contributed by atoms with Gasteiger partial charge in [0.15, 0.2) is 5.82 Å². The van der Waals surface area contributed by atoms with Crippen LogP contribution in [0.15, 0.2) is 77.4 Å². The molecule has 0 saturated carbocycles. The first-order valence-corrected chi connectivity index (χ1v) is 8.68. The van der Waals surface area contributed by atoms with Crippen molar-refractivity contribution in [3.05, 3.63) is 84.3 Å². The van der Waals surface area contributed by atoms with Crippen LogP contribution < -0.4 is 5.32 Å². The molecule has 2 aromatic heterocycles. The van der Waals surface area contributed by atoms with Crippen LogP contribution in [0, 0.1) is 6.92 Å². The van der Waals surface area contributed by atoms with Crippen molar-refractivity contribution in [2.24, 2.45) is 0 Å². The van der Waals surface area contributed by atoms with Crippen LogP contribution in [0.2, 0.25) is 0 Å². The van der Waals surface area contributed by atoms with Gasteiger partial charge in [-0.2, -0.15) is 4.68 Å². The molecule has 138 valence electrons. The summed E-state index contributed by atoms with van der Waals surface area (Å²) in [6.45, 7) is 1.99. The fourth-order valence-corrected chi connectivity index (χ4v) is 2.68. The Hall–Kier alpha value is -4.00. The van der Waals surface area contributed by atoms with Crippen molar-refractivity contribution in [3.63, 3.8) is 0 Å². The number of furan rings is 1. The molecular weight excluding hydrogens is 354 g/mol. The zero-order chi connectivity index (χ0) is 19.3. The minimum absolute atomic E-state index is 0.236. The normalized spacial score (nSPS) is 11.4. The first kappa shape index (κ1) is 17.4. The van der Waals surface area contributed by atoms with Gasteiger partial charge in [0.25, 0.3) is 5.91 Å². The highest BCUT2D eigenvalue weighted by Crippen LogP contribution is 2.22. The molecule has 0 unspecified atom stereocenters. The van der Waals surface area contributed by atoms with Gasteiger partial charge in [0.2, 0.25) is 0 Å². The van der Waals surface area contributed by atoms with Gasteiger partial charge in [0.05, 0.1) is 6.26 Å². The Morgan fingerprint density at radius 3 is 2.54 bits per heavy atom. The van der Waals surface area contributed by atoms with E-state index in [2.05, 4.69) is 20.8 Å². The van der Waals surface area contributed by atoms with Gasteiger partial charge in [0, 0.05) is 17.3 Å². The highest BCUT2D eigenvalue weighted by molar-refractivity contribution is 6.24. The quantitative estimate of drug-likeness (QED) is 0.538. The lowest BCUT2D eigenvalue weighted by Crippen LogP contribution is -2.19. The number of carbonyl (C=O) groups is 1. The topological polar surface area (TPSA) is 85.8 Å². The first-order valence-electron chi connectivity index (χ1n) is 8.68. The fourth-order valence-electron chi connectivity index (χ4n) is 2.68. The molecule has 2 heterocycles. The van der Waals surface area contributed by atoms with Gasteiger partial charge in [0.1, 0.15) is 11.5 Å². The fraction of sp³-hybridized carbons (Fsp3) is 0.0476. The Kier molecular flexibility index (Phi) is 4.79. The Balaban J connectivity index is 1.74. The van der Waals surface area contributed by atoms with Gasteiger partial charge in [-0.25, -0.2) is 0 Å². The van der Waals surface area contributed by atoms with Gasteiger partial charge in [-0.15, -0.1) is 5.10 Å². The zero-order valence-electron chi connectivity index (χ0n) is 15.1. The molecule has 1 N–H and O–H groups in total. The molecule has 0 aliphatic rings. The van der Waals surface area contributed by atoms with E-state index in [0.29, 0.717) is 17.3 Å². The third kappa shape index (κ3) is 3.73. The van der Waals surface area contributed by atoms with Gasteiger partial charge < -0.3 is 9.73 Å². The SMILES string of the molecule is Cc1ccc(NC(=O)C(=Cc2ccco2)n2nnnc2-c2ccccc2)cc1.